The summed E-state index contributed by atoms with van der Waals surface area (Å²) in [6.45, 7) is 8.05. The van der Waals surface area contributed by atoms with Crippen LogP contribution in [0.3, 0.4) is 0 Å². The molecule has 0 aromatic carbocycles. The van der Waals surface area contributed by atoms with Gasteiger partial charge < -0.3 is 5.73 Å². The van der Waals surface area contributed by atoms with Crippen LogP contribution in [0.5, 0.6) is 0 Å². The van der Waals surface area contributed by atoms with Gasteiger partial charge in [0.15, 0.2) is 0 Å². The van der Waals surface area contributed by atoms with E-state index >= 15 is 0 Å². The van der Waals surface area contributed by atoms with E-state index in [1.54, 1.807) is 0 Å². The van der Waals surface area contributed by atoms with Gasteiger partial charge in [-0.25, -0.2) is 0 Å². The van der Waals surface area contributed by atoms with Crippen LogP contribution in [0.15, 0.2) is 0 Å². The van der Waals surface area contributed by atoms with Gasteiger partial charge in [0.1, 0.15) is 0 Å². The molecule has 2 N–H and O–H groups in total. The van der Waals surface area contributed by atoms with E-state index in [2.05, 4.69) is 18.7 Å². The van der Waals surface area contributed by atoms with Crippen molar-refractivity contribution in [2.75, 3.05) is 19.6 Å². The van der Waals surface area contributed by atoms with E-state index in [0.717, 1.165) is 19.0 Å². The molecule has 1 saturated heterocycles. The second-order valence-corrected chi connectivity index (χ2v) is 5.71. The Morgan fingerprint density at radius 1 is 1.29 bits per heavy atom. The molecule has 0 spiro atoms. The molecule has 1 aliphatic heterocycles. The molecule has 0 bridgehead atoms. The van der Waals surface area contributed by atoms with Gasteiger partial charge >= 0.3 is 0 Å². The molecule has 2 heteroatoms. The fraction of sp³-hybridized carbons (Fsp3) is 1.00. The number of rotatable bonds is 3. The smallest absolute Gasteiger partial charge is 0.0435 e. The zero-order chi connectivity index (χ0) is 10.2. The Balaban J connectivity index is 1.72. The quantitative estimate of drug-likeness (QED) is 0.746. The van der Waals surface area contributed by atoms with Gasteiger partial charge in [0.25, 0.3) is 0 Å². The van der Waals surface area contributed by atoms with Crippen molar-refractivity contribution in [2.45, 2.75) is 45.1 Å². The zero-order valence-electron chi connectivity index (χ0n) is 9.63. The van der Waals surface area contributed by atoms with Gasteiger partial charge in [-0.05, 0) is 24.7 Å². The molecule has 2 nitrogen and oxygen atoms in total. The molecule has 0 unspecified atom stereocenters. The summed E-state index contributed by atoms with van der Waals surface area (Å²) in [5.74, 6) is 1.61. The van der Waals surface area contributed by atoms with Crippen LogP contribution < -0.4 is 5.73 Å². The molecule has 0 aromatic rings. The summed E-state index contributed by atoms with van der Waals surface area (Å²) < 4.78 is 0. The van der Waals surface area contributed by atoms with Gasteiger partial charge in [0, 0.05) is 25.2 Å². The standard InChI is InChI=1S/C12H24N2/c1-10(2)12(13)8-14(9-12)7-11-5-3-4-6-11/h10-11H,3-9,13H2,1-2H3. The first-order chi connectivity index (χ1) is 6.60. The van der Waals surface area contributed by atoms with Crippen LogP contribution >= 0.6 is 0 Å². The van der Waals surface area contributed by atoms with Crippen LogP contribution in [-0.4, -0.2) is 30.1 Å². The second kappa shape index (κ2) is 3.82. The Hall–Kier alpha value is -0.0800. The molecular formula is C12H24N2. The maximum absolute atomic E-state index is 6.27. The molecule has 1 aliphatic carbocycles. The molecule has 2 fully saturated rings. The van der Waals surface area contributed by atoms with Crippen molar-refractivity contribution in [3.05, 3.63) is 0 Å². The maximum atomic E-state index is 6.27. The molecule has 82 valence electrons. The molecule has 1 heterocycles. The topological polar surface area (TPSA) is 29.3 Å². The minimum absolute atomic E-state index is 0.124. The van der Waals surface area contributed by atoms with Gasteiger partial charge in [0.2, 0.25) is 0 Å². The van der Waals surface area contributed by atoms with Crippen LogP contribution in [0.4, 0.5) is 0 Å². The van der Waals surface area contributed by atoms with E-state index in [4.69, 9.17) is 5.73 Å². The molecule has 14 heavy (non-hydrogen) atoms. The summed E-state index contributed by atoms with van der Waals surface area (Å²) in [4.78, 5) is 2.55. The monoisotopic (exact) mass is 196 g/mol. The Morgan fingerprint density at radius 3 is 2.36 bits per heavy atom. The van der Waals surface area contributed by atoms with Gasteiger partial charge in [-0.3, -0.25) is 4.90 Å². The fourth-order valence-electron chi connectivity index (χ4n) is 2.84. The predicted octanol–water partition coefficient (Wildman–Crippen LogP) is 1.85. The molecule has 0 amide bonds. The SMILES string of the molecule is CC(C)C1(N)CN(CC2CCCC2)C1. The highest BCUT2D eigenvalue weighted by Crippen LogP contribution is 2.31. The highest BCUT2D eigenvalue weighted by atomic mass is 15.2. The predicted molar refractivity (Wildman–Crippen MR) is 60.2 cm³/mol. The lowest BCUT2D eigenvalue weighted by molar-refractivity contribution is 0.0261. The average molecular weight is 196 g/mol. The highest BCUT2D eigenvalue weighted by molar-refractivity contribution is 5.02. The Kier molecular flexibility index (Phi) is 2.85. The largest absolute Gasteiger partial charge is 0.323 e. The normalized spacial score (nSPS) is 28.3. The first-order valence-corrected chi connectivity index (χ1v) is 6.11. The molecule has 2 rings (SSSR count). The highest BCUT2D eigenvalue weighted by Gasteiger charge is 2.42. The summed E-state index contributed by atoms with van der Waals surface area (Å²) in [6.07, 6.45) is 5.82. The van der Waals surface area contributed by atoms with Gasteiger partial charge in [-0.15, -0.1) is 0 Å². The fourth-order valence-corrected chi connectivity index (χ4v) is 2.84. The third-order valence-electron chi connectivity index (χ3n) is 4.18. The van der Waals surface area contributed by atoms with Crippen LogP contribution in [0.2, 0.25) is 0 Å². The van der Waals surface area contributed by atoms with E-state index in [1.807, 2.05) is 0 Å². The average Bonchev–Trinajstić information content (AvgIpc) is 2.53. The van der Waals surface area contributed by atoms with Crippen LogP contribution in [0.25, 0.3) is 0 Å². The number of hydrogen-bond acceptors (Lipinski definition) is 2. The van der Waals surface area contributed by atoms with E-state index in [-0.39, 0.29) is 5.54 Å². The van der Waals surface area contributed by atoms with Crippen molar-refractivity contribution >= 4 is 0 Å². The molecule has 1 saturated carbocycles. The zero-order valence-corrected chi connectivity index (χ0v) is 9.63. The number of hydrogen-bond donors (Lipinski definition) is 1. The minimum atomic E-state index is 0.124. The molecular weight excluding hydrogens is 172 g/mol. The van der Waals surface area contributed by atoms with Crippen molar-refractivity contribution in [1.29, 1.82) is 0 Å². The van der Waals surface area contributed by atoms with E-state index in [1.165, 1.54) is 32.2 Å². The van der Waals surface area contributed by atoms with Crippen LogP contribution in [0.1, 0.15) is 39.5 Å². The van der Waals surface area contributed by atoms with Crippen molar-refractivity contribution in [3.63, 3.8) is 0 Å². The third-order valence-corrected chi connectivity index (χ3v) is 4.18. The minimum Gasteiger partial charge on any atom is -0.323 e. The maximum Gasteiger partial charge on any atom is 0.0435 e. The van der Waals surface area contributed by atoms with Crippen LogP contribution in [0, 0.1) is 11.8 Å². The number of nitrogens with two attached hydrogens (primary N) is 1. The van der Waals surface area contributed by atoms with E-state index in [9.17, 15) is 0 Å². The van der Waals surface area contributed by atoms with Crippen molar-refractivity contribution < 1.29 is 0 Å². The summed E-state index contributed by atoms with van der Waals surface area (Å²) in [6, 6.07) is 0. The summed E-state index contributed by atoms with van der Waals surface area (Å²) in [5, 5.41) is 0. The Bertz CT molecular complexity index is 186. The lowest BCUT2D eigenvalue weighted by Crippen LogP contribution is -2.70. The van der Waals surface area contributed by atoms with Crippen molar-refractivity contribution in [2.24, 2.45) is 17.6 Å². The van der Waals surface area contributed by atoms with E-state index in [0.29, 0.717) is 5.92 Å². The van der Waals surface area contributed by atoms with Crippen molar-refractivity contribution in [3.8, 4) is 0 Å². The Labute approximate surface area is 87.8 Å². The van der Waals surface area contributed by atoms with Crippen LogP contribution in [-0.2, 0) is 0 Å². The summed E-state index contributed by atoms with van der Waals surface area (Å²) >= 11 is 0. The lowest BCUT2D eigenvalue weighted by atomic mass is 9.80. The molecule has 0 aromatic heterocycles. The number of likely N-dealkylation sites (tertiary alicyclic amines) is 1. The van der Waals surface area contributed by atoms with Crippen molar-refractivity contribution in [1.82, 2.24) is 4.90 Å². The Morgan fingerprint density at radius 2 is 1.86 bits per heavy atom. The first-order valence-electron chi connectivity index (χ1n) is 6.11. The van der Waals surface area contributed by atoms with E-state index < -0.39 is 0 Å². The van der Waals surface area contributed by atoms with Gasteiger partial charge in [-0.2, -0.15) is 0 Å². The summed E-state index contributed by atoms with van der Waals surface area (Å²) in [7, 11) is 0. The molecule has 0 radical (unpaired) electrons. The summed E-state index contributed by atoms with van der Waals surface area (Å²) in [5.41, 5.74) is 6.39. The lowest BCUT2D eigenvalue weighted by Gasteiger charge is -2.51. The molecule has 2 aliphatic rings. The third kappa shape index (κ3) is 1.96. The molecule has 0 atom stereocenters. The van der Waals surface area contributed by atoms with Gasteiger partial charge in [0.05, 0.1) is 0 Å². The van der Waals surface area contributed by atoms with Gasteiger partial charge in [-0.1, -0.05) is 26.7 Å². The second-order valence-electron chi connectivity index (χ2n) is 5.71. The first kappa shape index (κ1) is 10.4. The number of nitrogens with zero attached hydrogens (tertiary/aromatic N) is 1.